The molecule has 2 aromatic rings. The van der Waals surface area contributed by atoms with E-state index in [-0.39, 0.29) is 0 Å². The van der Waals surface area contributed by atoms with Gasteiger partial charge in [0.15, 0.2) is 11.8 Å². The fourth-order valence-electron chi connectivity index (χ4n) is 3.52. The summed E-state index contributed by atoms with van der Waals surface area (Å²) in [6.45, 7) is 5.40. The summed E-state index contributed by atoms with van der Waals surface area (Å²) in [7, 11) is 3.69. The van der Waals surface area contributed by atoms with Crippen molar-refractivity contribution < 1.29 is 4.74 Å². The van der Waals surface area contributed by atoms with E-state index in [0.29, 0.717) is 12.5 Å². The highest BCUT2D eigenvalue weighted by molar-refractivity contribution is 7.98. The minimum atomic E-state index is 0.510. The van der Waals surface area contributed by atoms with E-state index in [1.54, 1.807) is 7.11 Å². The Hall–Kier alpha value is -2.22. The predicted octanol–water partition coefficient (Wildman–Crippen LogP) is 2.82. The van der Waals surface area contributed by atoms with Crippen LogP contribution in [0.2, 0.25) is 0 Å². The summed E-state index contributed by atoms with van der Waals surface area (Å²) in [5, 5.41) is 12.0. The van der Waals surface area contributed by atoms with Crippen LogP contribution in [0.5, 0.6) is 5.75 Å². The number of aromatic nitrogens is 3. The molecule has 1 aliphatic rings. The normalized spacial score (nSPS) is 17.0. The third-order valence-electron chi connectivity index (χ3n) is 5.44. The summed E-state index contributed by atoms with van der Waals surface area (Å²) >= 11 is 1.88. The van der Waals surface area contributed by atoms with Crippen molar-refractivity contribution in [1.82, 2.24) is 25.0 Å². The maximum atomic E-state index is 5.29. The monoisotopic (exact) mass is 416 g/mol. The molecule has 7 nitrogen and oxygen atoms in total. The van der Waals surface area contributed by atoms with Gasteiger partial charge in [0, 0.05) is 32.6 Å². The molecule has 1 fully saturated rings. The van der Waals surface area contributed by atoms with Crippen molar-refractivity contribution in [3.8, 4) is 5.75 Å². The van der Waals surface area contributed by atoms with Gasteiger partial charge in [-0.15, -0.1) is 10.2 Å². The molecule has 1 aliphatic heterocycles. The van der Waals surface area contributed by atoms with Crippen LogP contribution in [-0.2, 0) is 13.6 Å². The maximum absolute atomic E-state index is 5.29. The number of hydrogen-bond donors (Lipinski definition) is 1. The van der Waals surface area contributed by atoms with Gasteiger partial charge in [-0.25, -0.2) is 4.99 Å². The Morgan fingerprint density at radius 2 is 2.10 bits per heavy atom. The molecule has 1 N–H and O–H groups in total. The third kappa shape index (κ3) is 5.65. The summed E-state index contributed by atoms with van der Waals surface area (Å²) in [6, 6.07) is 8.45. The summed E-state index contributed by atoms with van der Waals surface area (Å²) in [4.78, 5) is 7.26. The molecule has 0 bridgehead atoms. The molecule has 3 rings (SSSR count). The maximum Gasteiger partial charge on any atom is 0.194 e. The number of aliphatic imine (C=N–C) groups is 1. The molecule has 1 aromatic heterocycles. The van der Waals surface area contributed by atoms with Gasteiger partial charge in [0.1, 0.15) is 18.1 Å². The lowest BCUT2D eigenvalue weighted by Crippen LogP contribution is -2.40. The van der Waals surface area contributed by atoms with E-state index < -0.39 is 0 Å². The largest absolute Gasteiger partial charge is 0.497 e. The minimum absolute atomic E-state index is 0.510. The number of benzene rings is 1. The second-order valence-electron chi connectivity index (χ2n) is 7.34. The number of rotatable bonds is 8. The van der Waals surface area contributed by atoms with Crippen LogP contribution >= 0.6 is 11.8 Å². The zero-order valence-corrected chi connectivity index (χ0v) is 18.7. The Balaban J connectivity index is 1.67. The van der Waals surface area contributed by atoms with Crippen LogP contribution in [0.4, 0.5) is 0 Å². The molecule has 1 saturated heterocycles. The summed E-state index contributed by atoms with van der Waals surface area (Å²) < 4.78 is 7.29. The number of aryl methyl sites for hydroxylation is 1. The molecule has 1 unspecified atom stereocenters. The van der Waals surface area contributed by atoms with Crippen molar-refractivity contribution in [2.24, 2.45) is 12.0 Å². The Labute approximate surface area is 177 Å². The second-order valence-corrected chi connectivity index (χ2v) is 8.33. The zero-order valence-electron chi connectivity index (χ0n) is 17.9. The van der Waals surface area contributed by atoms with Gasteiger partial charge in [-0.3, -0.25) is 0 Å². The highest BCUT2D eigenvalue weighted by Gasteiger charge is 2.26. The van der Waals surface area contributed by atoms with Crippen molar-refractivity contribution in [2.75, 3.05) is 38.8 Å². The van der Waals surface area contributed by atoms with Crippen molar-refractivity contribution in [3.63, 3.8) is 0 Å². The van der Waals surface area contributed by atoms with Gasteiger partial charge in [-0.1, -0.05) is 12.1 Å². The van der Waals surface area contributed by atoms with Crippen LogP contribution in [0.15, 0.2) is 29.3 Å². The average molecular weight is 417 g/mol. The number of methoxy groups -OCH3 is 1. The number of thioether (sulfide) groups is 1. The molecule has 0 spiro atoms. The molecule has 158 valence electrons. The second kappa shape index (κ2) is 10.5. The molecule has 0 saturated carbocycles. The highest BCUT2D eigenvalue weighted by atomic mass is 32.2. The first-order valence-electron chi connectivity index (χ1n) is 10.1. The van der Waals surface area contributed by atoms with Gasteiger partial charge >= 0.3 is 0 Å². The van der Waals surface area contributed by atoms with E-state index in [2.05, 4.69) is 38.8 Å². The first kappa shape index (κ1) is 21.5. The molecule has 29 heavy (non-hydrogen) atoms. The Kier molecular flexibility index (Phi) is 7.80. The first-order valence-corrected chi connectivity index (χ1v) is 11.5. The van der Waals surface area contributed by atoms with Crippen LogP contribution in [0.1, 0.15) is 36.0 Å². The van der Waals surface area contributed by atoms with Gasteiger partial charge in [0.25, 0.3) is 0 Å². The average Bonchev–Trinajstić information content (AvgIpc) is 3.36. The molecule has 2 heterocycles. The van der Waals surface area contributed by atoms with Crippen molar-refractivity contribution in [1.29, 1.82) is 0 Å². The number of ether oxygens (including phenoxy) is 1. The summed E-state index contributed by atoms with van der Waals surface area (Å²) in [6.07, 6.45) is 4.39. The van der Waals surface area contributed by atoms with E-state index in [0.717, 1.165) is 61.6 Å². The van der Waals surface area contributed by atoms with E-state index >= 15 is 0 Å². The van der Waals surface area contributed by atoms with E-state index in [9.17, 15) is 0 Å². The lowest BCUT2D eigenvalue weighted by molar-refractivity contribution is 0.414. The smallest absolute Gasteiger partial charge is 0.194 e. The van der Waals surface area contributed by atoms with Crippen molar-refractivity contribution in [2.45, 2.75) is 32.2 Å². The third-order valence-corrected chi connectivity index (χ3v) is 6.13. The number of nitrogens with zero attached hydrogens (tertiary/aromatic N) is 5. The van der Waals surface area contributed by atoms with Gasteiger partial charge in [0.2, 0.25) is 0 Å². The lowest BCUT2D eigenvalue weighted by atomic mass is 9.98. The molecule has 0 radical (unpaired) electrons. The molecule has 1 aromatic carbocycles. The Morgan fingerprint density at radius 3 is 2.76 bits per heavy atom. The quantitative estimate of drug-likeness (QED) is 0.405. The van der Waals surface area contributed by atoms with Gasteiger partial charge in [-0.05, 0) is 49.5 Å². The van der Waals surface area contributed by atoms with E-state index in [4.69, 9.17) is 9.73 Å². The fourth-order valence-corrected chi connectivity index (χ4v) is 3.95. The number of nitrogens with one attached hydrogen (secondary N) is 1. The number of guanidine groups is 1. The van der Waals surface area contributed by atoms with Crippen LogP contribution < -0.4 is 10.1 Å². The number of hydrogen-bond acceptors (Lipinski definition) is 5. The van der Waals surface area contributed by atoms with Crippen LogP contribution in [0.3, 0.4) is 0 Å². The molecular weight excluding hydrogens is 384 g/mol. The van der Waals surface area contributed by atoms with Crippen LogP contribution in [0, 0.1) is 6.92 Å². The molecular formula is C21H32N6OS. The summed E-state index contributed by atoms with van der Waals surface area (Å²) in [5.74, 6) is 5.33. The van der Waals surface area contributed by atoms with Crippen molar-refractivity contribution >= 4 is 17.7 Å². The van der Waals surface area contributed by atoms with Gasteiger partial charge in [-0.2, -0.15) is 11.8 Å². The molecule has 1 atom stereocenters. The number of likely N-dealkylation sites (tertiary alicyclic amines) is 1. The minimum Gasteiger partial charge on any atom is -0.497 e. The Morgan fingerprint density at radius 1 is 1.31 bits per heavy atom. The van der Waals surface area contributed by atoms with Crippen molar-refractivity contribution in [3.05, 3.63) is 41.5 Å². The SMILES string of the molecule is COc1ccc(C2CCN(C(=NCc3nnc(C)n3C)NCCCSC)C2)cc1. The van der Waals surface area contributed by atoms with Gasteiger partial charge in [0.05, 0.1) is 7.11 Å². The molecule has 0 amide bonds. The topological polar surface area (TPSA) is 67.6 Å². The fraction of sp³-hybridized carbons (Fsp3) is 0.571. The summed E-state index contributed by atoms with van der Waals surface area (Å²) in [5.41, 5.74) is 1.36. The lowest BCUT2D eigenvalue weighted by Gasteiger charge is -2.22. The Bertz CT molecular complexity index is 804. The van der Waals surface area contributed by atoms with E-state index in [1.165, 1.54) is 5.56 Å². The van der Waals surface area contributed by atoms with Crippen LogP contribution in [-0.4, -0.2) is 64.4 Å². The highest BCUT2D eigenvalue weighted by Crippen LogP contribution is 2.28. The zero-order chi connectivity index (χ0) is 20.6. The predicted molar refractivity (Wildman–Crippen MR) is 120 cm³/mol. The molecule has 8 heteroatoms. The van der Waals surface area contributed by atoms with Gasteiger partial charge < -0.3 is 19.5 Å². The first-order chi connectivity index (χ1) is 14.1. The van der Waals surface area contributed by atoms with Crippen LogP contribution in [0.25, 0.3) is 0 Å². The standard InChI is InChI=1S/C21H32N6OS/c1-16-24-25-20(26(16)2)14-23-21(22-11-5-13-29-4)27-12-10-18(15-27)17-6-8-19(28-3)9-7-17/h6-9,18H,5,10-15H2,1-4H3,(H,22,23). The molecule has 0 aliphatic carbocycles. The van der Waals surface area contributed by atoms with E-state index in [1.807, 2.05) is 42.4 Å².